The number of hydrogen-bond donors (Lipinski definition) is 2. The Bertz CT molecular complexity index is 819. The minimum atomic E-state index is -0.366. The van der Waals surface area contributed by atoms with Gasteiger partial charge in [-0.1, -0.05) is 5.16 Å². The molecular formula is C16H13N3O4. The van der Waals surface area contributed by atoms with Crippen molar-refractivity contribution >= 4 is 23.2 Å². The molecule has 2 N–H and O–H groups in total. The van der Waals surface area contributed by atoms with Crippen molar-refractivity contribution in [2.24, 2.45) is 0 Å². The molecule has 2 aromatic heterocycles. The fraction of sp³-hybridized carbons (Fsp3) is 0.0625. The maximum absolute atomic E-state index is 11.9. The van der Waals surface area contributed by atoms with Crippen LogP contribution in [-0.2, 0) is 0 Å². The number of aromatic nitrogens is 1. The van der Waals surface area contributed by atoms with Crippen LogP contribution in [0.2, 0.25) is 0 Å². The van der Waals surface area contributed by atoms with E-state index in [1.807, 2.05) is 0 Å². The number of amides is 2. The van der Waals surface area contributed by atoms with Gasteiger partial charge in [0.2, 0.25) is 0 Å². The summed E-state index contributed by atoms with van der Waals surface area (Å²) in [4.78, 5) is 23.8. The van der Waals surface area contributed by atoms with E-state index >= 15 is 0 Å². The zero-order valence-electron chi connectivity index (χ0n) is 12.2. The molecular weight excluding hydrogens is 298 g/mol. The van der Waals surface area contributed by atoms with Crippen LogP contribution in [-0.4, -0.2) is 17.0 Å². The summed E-state index contributed by atoms with van der Waals surface area (Å²) in [6.45, 7) is 1.71. The molecule has 23 heavy (non-hydrogen) atoms. The molecule has 0 aliphatic heterocycles. The number of benzene rings is 1. The van der Waals surface area contributed by atoms with E-state index in [-0.39, 0.29) is 23.3 Å². The molecule has 7 heteroatoms. The minimum absolute atomic E-state index is 0.206. The first-order valence-electron chi connectivity index (χ1n) is 6.81. The van der Waals surface area contributed by atoms with Crippen molar-refractivity contribution < 1.29 is 18.5 Å². The van der Waals surface area contributed by atoms with E-state index in [1.165, 1.54) is 6.26 Å². The van der Waals surface area contributed by atoms with Gasteiger partial charge in [0.1, 0.15) is 5.76 Å². The quantitative estimate of drug-likeness (QED) is 0.771. The molecule has 7 nitrogen and oxygen atoms in total. The standard InChI is InChI=1S/C16H13N3O4/c1-10-9-13(19-23-10)15(20)17-11-4-6-12(7-5-11)18-16(21)14-3-2-8-22-14/h2-9H,1H3,(H,17,20)(H,18,21). The van der Waals surface area contributed by atoms with Crippen LogP contribution < -0.4 is 10.6 Å². The summed E-state index contributed by atoms with van der Waals surface area (Å²) < 4.78 is 9.86. The molecule has 0 radical (unpaired) electrons. The third-order valence-electron chi connectivity index (χ3n) is 3.01. The van der Waals surface area contributed by atoms with E-state index in [2.05, 4.69) is 15.8 Å². The molecule has 0 aliphatic carbocycles. The van der Waals surface area contributed by atoms with Crippen molar-refractivity contribution in [3.05, 3.63) is 65.9 Å². The van der Waals surface area contributed by atoms with E-state index in [9.17, 15) is 9.59 Å². The fourth-order valence-electron chi connectivity index (χ4n) is 1.91. The second-order valence-electron chi connectivity index (χ2n) is 4.79. The lowest BCUT2D eigenvalue weighted by atomic mass is 10.2. The molecule has 116 valence electrons. The number of furan rings is 1. The summed E-state index contributed by atoms with van der Waals surface area (Å²) in [6.07, 6.45) is 1.43. The SMILES string of the molecule is Cc1cc(C(=O)Nc2ccc(NC(=O)c3ccco3)cc2)no1. The van der Waals surface area contributed by atoms with Gasteiger partial charge < -0.3 is 19.6 Å². The van der Waals surface area contributed by atoms with E-state index in [4.69, 9.17) is 8.94 Å². The van der Waals surface area contributed by atoms with Crippen molar-refractivity contribution in [3.63, 3.8) is 0 Å². The van der Waals surface area contributed by atoms with Gasteiger partial charge in [0, 0.05) is 17.4 Å². The van der Waals surface area contributed by atoms with Gasteiger partial charge in [-0.25, -0.2) is 0 Å². The Hall–Kier alpha value is -3.35. The van der Waals surface area contributed by atoms with Crippen molar-refractivity contribution in [1.82, 2.24) is 5.16 Å². The van der Waals surface area contributed by atoms with Gasteiger partial charge in [0.05, 0.1) is 6.26 Å². The Balaban J connectivity index is 1.63. The average molecular weight is 311 g/mol. The van der Waals surface area contributed by atoms with Crippen LogP contribution >= 0.6 is 0 Å². The molecule has 2 amide bonds. The first-order valence-corrected chi connectivity index (χ1v) is 6.81. The third kappa shape index (κ3) is 3.46. The van der Waals surface area contributed by atoms with Crippen molar-refractivity contribution in [3.8, 4) is 0 Å². The van der Waals surface area contributed by atoms with Gasteiger partial charge in [-0.05, 0) is 43.3 Å². The fourth-order valence-corrected chi connectivity index (χ4v) is 1.91. The normalized spacial score (nSPS) is 10.3. The molecule has 0 fully saturated rings. The second kappa shape index (κ2) is 6.18. The lowest BCUT2D eigenvalue weighted by Crippen LogP contribution is -2.13. The predicted molar refractivity (Wildman–Crippen MR) is 82.3 cm³/mol. The highest BCUT2D eigenvalue weighted by Crippen LogP contribution is 2.16. The Morgan fingerprint density at radius 2 is 1.65 bits per heavy atom. The molecule has 0 spiro atoms. The average Bonchev–Trinajstić information content (AvgIpc) is 3.20. The molecule has 0 unspecified atom stereocenters. The lowest BCUT2D eigenvalue weighted by molar-refractivity contribution is 0.0993. The predicted octanol–water partition coefficient (Wildman–Crippen LogP) is 3.08. The van der Waals surface area contributed by atoms with Gasteiger partial charge in [-0.3, -0.25) is 9.59 Å². The maximum Gasteiger partial charge on any atom is 0.291 e. The third-order valence-corrected chi connectivity index (χ3v) is 3.01. The number of hydrogen-bond acceptors (Lipinski definition) is 5. The van der Waals surface area contributed by atoms with Crippen LogP contribution in [0.25, 0.3) is 0 Å². The number of carbonyl (C=O) groups excluding carboxylic acids is 2. The van der Waals surface area contributed by atoms with Crippen molar-refractivity contribution in [2.45, 2.75) is 6.92 Å². The van der Waals surface area contributed by atoms with Crippen LogP contribution in [0.15, 0.2) is 57.7 Å². The molecule has 0 saturated carbocycles. The van der Waals surface area contributed by atoms with Gasteiger partial charge in [0.15, 0.2) is 11.5 Å². The number of nitrogens with one attached hydrogen (secondary N) is 2. The minimum Gasteiger partial charge on any atom is -0.459 e. The van der Waals surface area contributed by atoms with Gasteiger partial charge in [0.25, 0.3) is 11.8 Å². The van der Waals surface area contributed by atoms with Crippen LogP contribution in [0.3, 0.4) is 0 Å². The first kappa shape index (κ1) is 14.6. The van der Waals surface area contributed by atoms with Gasteiger partial charge >= 0.3 is 0 Å². The number of aryl methyl sites for hydroxylation is 1. The lowest BCUT2D eigenvalue weighted by Gasteiger charge is -2.06. The molecule has 0 bridgehead atoms. The molecule has 3 aromatic rings. The maximum atomic E-state index is 11.9. The monoisotopic (exact) mass is 311 g/mol. The summed E-state index contributed by atoms with van der Waals surface area (Å²) in [5.74, 6) is 0.0778. The molecule has 0 atom stereocenters. The zero-order valence-corrected chi connectivity index (χ0v) is 12.2. The van der Waals surface area contributed by atoms with Crippen LogP contribution in [0.1, 0.15) is 26.8 Å². The molecule has 1 aromatic carbocycles. The smallest absolute Gasteiger partial charge is 0.291 e. The molecule has 2 heterocycles. The Morgan fingerprint density at radius 1 is 1.00 bits per heavy atom. The van der Waals surface area contributed by atoms with E-state index in [1.54, 1.807) is 49.4 Å². The van der Waals surface area contributed by atoms with Crippen molar-refractivity contribution in [1.29, 1.82) is 0 Å². The zero-order chi connectivity index (χ0) is 16.2. The van der Waals surface area contributed by atoms with E-state index in [0.717, 1.165) is 0 Å². The van der Waals surface area contributed by atoms with Gasteiger partial charge in [-0.2, -0.15) is 0 Å². The summed E-state index contributed by atoms with van der Waals surface area (Å²) in [5, 5.41) is 9.02. The van der Waals surface area contributed by atoms with Crippen LogP contribution in [0.5, 0.6) is 0 Å². The molecule has 3 rings (SSSR count). The highest BCUT2D eigenvalue weighted by molar-refractivity contribution is 6.04. The van der Waals surface area contributed by atoms with E-state index in [0.29, 0.717) is 17.1 Å². The van der Waals surface area contributed by atoms with Crippen molar-refractivity contribution in [2.75, 3.05) is 10.6 Å². The number of nitrogens with zero attached hydrogens (tertiary/aromatic N) is 1. The molecule has 0 aliphatic rings. The molecule has 0 saturated heterocycles. The number of anilines is 2. The summed E-state index contributed by atoms with van der Waals surface area (Å²) in [7, 11) is 0. The topological polar surface area (TPSA) is 97.4 Å². The summed E-state index contributed by atoms with van der Waals surface area (Å²) in [5.41, 5.74) is 1.37. The highest BCUT2D eigenvalue weighted by atomic mass is 16.5. The summed E-state index contributed by atoms with van der Waals surface area (Å²) >= 11 is 0. The van der Waals surface area contributed by atoms with E-state index < -0.39 is 0 Å². The number of carbonyl (C=O) groups is 2. The second-order valence-corrected chi connectivity index (χ2v) is 4.79. The Morgan fingerprint density at radius 3 is 2.17 bits per heavy atom. The Kier molecular flexibility index (Phi) is 3.92. The van der Waals surface area contributed by atoms with Gasteiger partial charge in [-0.15, -0.1) is 0 Å². The Labute approximate surface area is 131 Å². The van der Waals surface area contributed by atoms with Crippen LogP contribution in [0, 0.1) is 6.92 Å². The first-order chi connectivity index (χ1) is 11.1. The largest absolute Gasteiger partial charge is 0.459 e. The summed E-state index contributed by atoms with van der Waals surface area (Å²) in [6, 6.07) is 11.4. The van der Waals surface area contributed by atoms with Crippen LogP contribution in [0.4, 0.5) is 11.4 Å². The number of rotatable bonds is 4. The highest BCUT2D eigenvalue weighted by Gasteiger charge is 2.12.